The first kappa shape index (κ1) is 17.8. The van der Waals surface area contributed by atoms with Crippen molar-refractivity contribution in [3.63, 3.8) is 0 Å². The monoisotopic (exact) mass is 320 g/mol. The van der Waals surface area contributed by atoms with Crippen LogP contribution in [0.1, 0.15) is 38.2 Å². The lowest BCUT2D eigenvalue weighted by Gasteiger charge is -2.38. The minimum absolute atomic E-state index is 0.0558. The van der Waals surface area contributed by atoms with E-state index in [-0.39, 0.29) is 17.6 Å². The van der Waals surface area contributed by atoms with Gasteiger partial charge in [-0.05, 0) is 31.2 Å². The number of rotatable bonds is 7. The zero-order valence-electron chi connectivity index (χ0n) is 13.9. The molecule has 1 aromatic carbocycles. The summed E-state index contributed by atoms with van der Waals surface area (Å²) in [6.45, 7) is 4.46. The summed E-state index contributed by atoms with van der Waals surface area (Å²) in [4.78, 5) is 12.0. The molecule has 1 aliphatic rings. The standard InChI is InChI=1S/C18H28N2O3/c1-2-16(21)8-11-19-17(22)20-14-18(9-12-23-13-10-18)15-6-4-3-5-7-15/h3-7,16,21H,2,8-14H2,1H3,(H2,19,20,22). The number of benzene rings is 1. The second-order valence-electron chi connectivity index (χ2n) is 6.22. The van der Waals surface area contributed by atoms with Crippen molar-refractivity contribution in [2.24, 2.45) is 0 Å². The molecule has 1 saturated heterocycles. The molecule has 2 rings (SSSR count). The molecule has 1 unspecified atom stereocenters. The second kappa shape index (κ2) is 8.89. The maximum Gasteiger partial charge on any atom is 0.314 e. The maximum absolute atomic E-state index is 12.0. The van der Waals surface area contributed by atoms with Crippen LogP contribution in [0.3, 0.4) is 0 Å². The molecule has 2 amide bonds. The van der Waals surface area contributed by atoms with Gasteiger partial charge in [0.1, 0.15) is 0 Å². The third-order valence-electron chi connectivity index (χ3n) is 4.66. The van der Waals surface area contributed by atoms with E-state index in [0.29, 0.717) is 25.9 Å². The van der Waals surface area contributed by atoms with E-state index < -0.39 is 0 Å². The third-order valence-corrected chi connectivity index (χ3v) is 4.66. The van der Waals surface area contributed by atoms with Gasteiger partial charge < -0.3 is 20.5 Å². The highest BCUT2D eigenvalue weighted by molar-refractivity contribution is 5.73. The number of aliphatic hydroxyl groups excluding tert-OH is 1. The Labute approximate surface area is 138 Å². The van der Waals surface area contributed by atoms with Gasteiger partial charge in [0.05, 0.1) is 6.10 Å². The van der Waals surface area contributed by atoms with E-state index >= 15 is 0 Å². The topological polar surface area (TPSA) is 70.6 Å². The first-order valence-corrected chi connectivity index (χ1v) is 8.49. The second-order valence-corrected chi connectivity index (χ2v) is 6.22. The average Bonchev–Trinajstić information content (AvgIpc) is 2.61. The van der Waals surface area contributed by atoms with E-state index in [2.05, 4.69) is 22.8 Å². The number of hydrogen-bond donors (Lipinski definition) is 3. The van der Waals surface area contributed by atoms with Gasteiger partial charge in [-0.15, -0.1) is 0 Å². The quantitative estimate of drug-likeness (QED) is 0.721. The normalized spacial score (nSPS) is 18.2. The molecular formula is C18H28N2O3. The lowest BCUT2D eigenvalue weighted by molar-refractivity contribution is 0.0506. The van der Waals surface area contributed by atoms with Crippen LogP contribution in [-0.4, -0.2) is 43.5 Å². The lowest BCUT2D eigenvalue weighted by Crippen LogP contribution is -2.47. The molecule has 1 fully saturated rings. The molecule has 0 spiro atoms. The summed E-state index contributed by atoms with van der Waals surface area (Å²) in [5.41, 5.74) is 1.20. The van der Waals surface area contributed by atoms with Crippen molar-refractivity contribution in [2.75, 3.05) is 26.3 Å². The lowest BCUT2D eigenvalue weighted by atomic mass is 9.74. The van der Waals surface area contributed by atoms with E-state index in [0.717, 1.165) is 26.1 Å². The first-order chi connectivity index (χ1) is 11.2. The van der Waals surface area contributed by atoms with Crippen molar-refractivity contribution in [1.29, 1.82) is 0 Å². The van der Waals surface area contributed by atoms with Crippen molar-refractivity contribution in [3.8, 4) is 0 Å². The fourth-order valence-electron chi connectivity index (χ4n) is 2.99. The summed E-state index contributed by atoms with van der Waals surface area (Å²) in [6.07, 6.45) is 2.76. The number of aliphatic hydroxyl groups is 1. The Morgan fingerprint density at radius 3 is 2.61 bits per heavy atom. The van der Waals surface area contributed by atoms with Gasteiger partial charge in [-0.25, -0.2) is 4.79 Å². The van der Waals surface area contributed by atoms with Gasteiger partial charge in [-0.2, -0.15) is 0 Å². The van der Waals surface area contributed by atoms with Gasteiger partial charge in [-0.3, -0.25) is 0 Å². The Kier molecular flexibility index (Phi) is 6.86. The number of ether oxygens (including phenoxy) is 1. The van der Waals surface area contributed by atoms with Gasteiger partial charge >= 0.3 is 6.03 Å². The Hall–Kier alpha value is -1.59. The molecule has 5 heteroatoms. The molecule has 0 radical (unpaired) electrons. The summed E-state index contributed by atoms with van der Waals surface area (Å²) in [5, 5.41) is 15.3. The summed E-state index contributed by atoms with van der Waals surface area (Å²) < 4.78 is 5.50. The number of amides is 2. The zero-order chi connectivity index (χ0) is 16.5. The Morgan fingerprint density at radius 1 is 1.26 bits per heavy atom. The Balaban J connectivity index is 1.88. The SMILES string of the molecule is CCC(O)CCNC(=O)NCC1(c2ccccc2)CCOCC1. The number of urea groups is 1. The van der Waals surface area contributed by atoms with Crippen LogP contribution in [0.2, 0.25) is 0 Å². The molecule has 3 N–H and O–H groups in total. The fraction of sp³-hybridized carbons (Fsp3) is 0.611. The van der Waals surface area contributed by atoms with Gasteiger partial charge in [0.15, 0.2) is 0 Å². The minimum atomic E-state index is -0.346. The Morgan fingerprint density at radius 2 is 1.96 bits per heavy atom. The smallest absolute Gasteiger partial charge is 0.314 e. The molecule has 0 aliphatic carbocycles. The predicted octanol–water partition coefficient (Wildman–Crippen LogP) is 2.19. The zero-order valence-corrected chi connectivity index (χ0v) is 13.9. The van der Waals surface area contributed by atoms with E-state index in [1.165, 1.54) is 5.56 Å². The van der Waals surface area contributed by atoms with E-state index in [4.69, 9.17) is 4.74 Å². The molecule has 1 aliphatic heterocycles. The summed E-state index contributed by atoms with van der Waals surface area (Å²) >= 11 is 0. The van der Waals surface area contributed by atoms with E-state index in [1.54, 1.807) is 0 Å². The van der Waals surface area contributed by atoms with Crippen molar-refractivity contribution < 1.29 is 14.6 Å². The maximum atomic E-state index is 12.0. The Bertz CT molecular complexity index is 472. The fourth-order valence-corrected chi connectivity index (χ4v) is 2.99. The number of nitrogens with one attached hydrogen (secondary N) is 2. The van der Waals surface area contributed by atoms with Crippen molar-refractivity contribution in [3.05, 3.63) is 35.9 Å². The predicted molar refractivity (Wildman–Crippen MR) is 90.5 cm³/mol. The molecule has 0 aromatic heterocycles. The molecule has 128 valence electrons. The van der Waals surface area contributed by atoms with E-state index in [9.17, 15) is 9.90 Å². The van der Waals surface area contributed by atoms with Crippen LogP contribution in [0.15, 0.2) is 30.3 Å². The summed E-state index contributed by atoms with van der Waals surface area (Å²) in [6, 6.07) is 10.2. The largest absolute Gasteiger partial charge is 0.393 e. The van der Waals surface area contributed by atoms with Gasteiger partial charge in [0, 0.05) is 31.7 Å². The van der Waals surface area contributed by atoms with Crippen LogP contribution in [0.4, 0.5) is 4.79 Å². The van der Waals surface area contributed by atoms with E-state index in [1.807, 2.05) is 25.1 Å². The van der Waals surface area contributed by atoms with Crippen LogP contribution in [0, 0.1) is 0 Å². The van der Waals surface area contributed by atoms with Crippen LogP contribution < -0.4 is 10.6 Å². The summed E-state index contributed by atoms with van der Waals surface area (Å²) in [5.74, 6) is 0. The molecule has 1 atom stereocenters. The van der Waals surface area contributed by atoms with Crippen molar-refractivity contribution >= 4 is 6.03 Å². The third kappa shape index (κ3) is 5.22. The van der Waals surface area contributed by atoms with Gasteiger partial charge in [-0.1, -0.05) is 37.3 Å². The highest BCUT2D eigenvalue weighted by Gasteiger charge is 2.34. The van der Waals surface area contributed by atoms with Gasteiger partial charge in [0.25, 0.3) is 0 Å². The number of carbonyl (C=O) groups is 1. The van der Waals surface area contributed by atoms with Gasteiger partial charge in [0.2, 0.25) is 0 Å². The molecule has 1 heterocycles. The number of hydrogen-bond acceptors (Lipinski definition) is 3. The minimum Gasteiger partial charge on any atom is -0.393 e. The molecule has 23 heavy (non-hydrogen) atoms. The highest BCUT2D eigenvalue weighted by atomic mass is 16.5. The van der Waals surface area contributed by atoms with Crippen LogP contribution in [0.25, 0.3) is 0 Å². The van der Waals surface area contributed by atoms with Crippen LogP contribution in [0.5, 0.6) is 0 Å². The van der Waals surface area contributed by atoms with Crippen LogP contribution >= 0.6 is 0 Å². The van der Waals surface area contributed by atoms with Crippen molar-refractivity contribution in [1.82, 2.24) is 10.6 Å². The average molecular weight is 320 g/mol. The van der Waals surface area contributed by atoms with Crippen molar-refractivity contribution in [2.45, 2.75) is 44.1 Å². The van der Waals surface area contributed by atoms with Crippen LogP contribution in [-0.2, 0) is 10.2 Å². The molecular weight excluding hydrogens is 292 g/mol. The molecule has 1 aromatic rings. The molecule has 0 saturated carbocycles. The highest BCUT2D eigenvalue weighted by Crippen LogP contribution is 2.34. The molecule has 5 nitrogen and oxygen atoms in total. The number of carbonyl (C=O) groups excluding carboxylic acids is 1. The summed E-state index contributed by atoms with van der Waals surface area (Å²) in [7, 11) is 0. The molecule has 0 bridgehead atoms. The first-order valence-electron chi connectivity index (χ1n) is 8.49.